The highest BCUT2D eigenvalue weighted by Gasteiger charge is 2.63. The second-order valence-electron chi connectivity index (χ2n) is 5.09. The summed E-state index contributed by atoms with van der Waals surface area (Å²) < 4.78 is 12.7. The van der Waals surface area contributed by atoms with Crippen LogP contribution in [0.15, 0.2) is 33.9 Å². The minimum atomic E-state index is -2.04. The van der Waals surface area contributed by atoms with Gasteiger partial charge >= 0.3 is 18.6 Å². The van der Waals surface area contributed by atoms with E-state index in [2.05, 4.69) is 22.6 Å². The highest BCUT2D eigenvalue weighted by molar-refractivity contribution is 14.1. The third-order valence-electron chi connectivity index (χ3n) is 3.49. The van der Waals surface area contributed by atoms with Gasteiger partial charge in [-0.1, -0.05) is 52.4 Å². The molecule has 2 aliphatic rings. The van der Waals surface area contributed by atoms with Crippen LogP contribution in [0.2, 0.25) is 0 Å². The number of likely N-dealkylation sites (N-methyl/N-ethyl adjacent to an activating group) is 1. The summed E-state index contributed by atoms with van der Waals surface area (Å²) >= 11 is 2.14. The van der Waals surface area contributed by atoms with Gasteiger partial charge in [-0.2, -0.15) is 0 Å². The lowest BCUT2D eigenvalue weighted by Gasteiger charge is -2.37. The summed E-state index contributed by atoms with van der Waals surface area (Å²) in [6, 6.07) is 0. The maximum Gasteiger partial charge on any atom is 0.607 e. The Bertz CT molecular complexity index is 492. The van der Waals surface area contributed by atoms with Crippen molar-refractivity contribution >= 4 is 41.2 Å². The zero-order valence-corrected chi connectivity index (χ0v) is 13.0. The number of allylic oxidation sites excluding steroid dienone is 4. The first-order valence-electron chi connectivity index (χ1n) is 5.96. The lowest BCUT2D eigenvalue weighted by molar-refractivity contribution is -0.791. The van der Waals surface area contributed by atoms with Crippen molar-refractivity contribution in [1.82, 2.24) is 0 Å². The van der Waals surface area contributed by atoms with Crippen LogP contribution >= 0.6 is 22.6 Å². The highest BCUT2D eigenvalue weighted by atomic mass is 127. The van der Waals surface area contributed by atoms with Crippen molar-refractivity contribution in [2.24, 2.45) is 0 Å². The molecule has 0 aliphatic carbocycles. The predicted octanol–water partition coefficient (Wildman–Crippen LogP) is 1.48. The lowest BCUT2D eigenvalue weighted by atomic mass is 9.68. The van der Waals surface area contributed by atoms with Crippen molar-refractivity contribution in [2.75, 3.05) is 20.1 Å². The number of quaternary nitrogens is 1. The van der Waals surface area contributed by atoms with E-state index in [1.165, 1.54) is 0 Å². The molecule has 0 aromatic carbocycles. The van der Waals surface area contributed by atoms with Crippen molar-refractivity contribution < 1.29 is 23.3 Å². The molecule has 102 valence electrons. The number of nitrogens with zero attached hydrogens (tertiary/aromatic N) is 1. The topological polar surface area (TPSA) is 52.6 Å². The lowest BCUT2D eigenvalue weighted by Crippen LogP contribution is -2.58. The fourth-order valence-electron chi connectivity index (χ4n) is 2.42. The molecule has 2 fully saturated rings. The number of fused-ring (bicyclic) bond motifs is 1. The zero-order valence-electron chi connectivity index (χ0n) is 10.8. The minimum Gasteiger partial charge on any atom is -0.596 e. The van der Waals surface area contributed by atoms with Gasteiger partial charge in [0.15, 0.2) is 0 Å². The van der Waals surface area contributed by atoms with E-state index in [9.17, 15) is 9.59 Å². The van der Waals surface area contributed by atoms with Gasteiger partial charge in [-0.05, 0) is 11.0 Å². The summed E-state index contributed by atoms with van der Waals surface area (Å²) in [5.74, 6) is 1.04. The van der Waals surface area contributed by atoms with Gasteiger partial charge in [0.2, 0.25) is 0 Å². The highest BCUT2D eigenvalue weighted by Crippen LogP contribution is 2.34. The molecule has 0 aromatic heterocycles. The van der Waals surface area contributed by atoms with Gasteiger partial charge in [-0.3, -0.25) is 9.59 Å². The third kappa shape index (κ3) is 2.62. The van der Waals surface area contributed by atoms with Crippen LogP contribution < -0.4 is 0 Å². The van der Waals surface area contributed by atoms with E-state index in [1.54, 1.807) is 19.1 Å². The van der Waals surface area contributed by atoms with Gasteiger partial charge in [-0.25, -0.2) is 0 Å². The van der Waals surface area contributed by atoms with Crippen molar-refractivity contribution in [1.29, 1.82) is 0 Å². The Morgan fingerprint density at radius 3 is 2.42 bits per heavy atom. The average Bonchev–Trinajstić information content (AvgIpc) is 2.61. The number of carbonyl (C=O) groups excluding carboxylic acids is 2. The van der Waals surface area contributed by atoms with Gasteiger partial charge in [0, 0.05) is 7.05 Å². The van der Waals surface area contributed by atoms with E-state index in [4.69, 9.17) is 9.31 Å². The minimum absolute atomic E-state index is 0.173. The molecular weight excluding hydrogens is 360 g/mol. The molecule has 0 unspecified atom stereocenters. The Morgan fingerprint density at radius 2 is 1.89 bits per heavy atom. The fraction of sp³-hybridized carbons (Fsp3) is 0.333. The van der Waals surface area contributed by atoms with Crippen molar-refractivity contribution in [2.45, 2.75) is 6.92 Å². The van der Waals surface area contributed by atoms with E-state index in [0.29, 0.717) is 0 Å². The molecule has 0 spiro atoms. The number of hydrogen-bond donors (Lipinski definition) is 0. The van der Waals surface area contributed by atoms with Crippen molar-refractivity contribution in [3.8, 4) is 0 Å². The van der Waals surface area contributed by atoms with Crippen LogP contribution in [0.4, 0.5) is 0 Å². The van der Waals surface area contributed by atoms with Crippen LogP contribution in [-0.2, 0) is 18.9 Å². The van der Waals surface area contributed by atoms with E-state index < -0.39 is 6.69 Å². The number of hydrogen-bond acceptors (Lipinski definition) is 4. The molecule has 19 heavy (non-hydrogen) atoms. The monoisotopic (exact) mass is 375 g/mol. The van der Waals surface area contributed by atoms with Crippen molar-refractivity contribution in [3.05, 3.63) is 33.9 Å². The molecule has 0 atom stereocenters. The summed E-state index contributed by atoms with van der Waals surface area (Å²) in [4.78, 5) is 23.0. The van der Waals surface area contributed by atoms with E-state index in [1.807, 2.05) is 23.2 Å². The molecule has 7 heteroatoms. The summed E-state index contributed by atoms with van der Waals surface area (Å²) in [5, 5.41) is 0. The van der Waals surface area contributed by atoms with Crippen LogP contribution in [-0.4, -0.2) is 43.2 Å². The van der Waals surface area contributed by atoms with Gasteiger partial charge in [0.1, 0.15) is 13.1 Å². The summed E-state index contributed by atoms with van der Waals surface area (Å²) in [5.41, 5.74) is 1.06. The molecule has 0 radical (unpaired) electrons. The summed E-state index contributed by atoms with van der Waals surface area (Å²) in [6.07, 6.45) is 5.61. The molecule has 2 aliphatic heterocycles. The molecule has 5 nitrogen and oxygen atoms in total. The van der Waals surface area contributed by atoms with Crippen LogP contribution in [0.5, 0.6) is 0 Å². The Hall–Kier alpha value is -1.09. The molecule has 0 saturated carbocycles. The maximum atomic E-state index is 11.5. The van der Waals surface area contributed by atoms with E-state index in [0.717, 1.165) is 5.57 Å². The summed E-state index contributed by atoms with van der Waals surface area (Å²) in [7, 11) is 1.81. The average molecular weight is 375 g/mol. The SMILES string of the molecule is CC(/C=C/I)=C\C=C\[B-]12OC(=O)C[N+]1(C)CC(=O)O2. The Labute approximate surface area is 125 Å². The van der Waals surface area contributed by atoms with Crippen LogP contribution in [0.3, 0.4) is 0 Å². The van der Waals surface area contributed by atoms with E-state index >= 15 is 0 Å². The second kappa shape index (κ2) is 5.12. The first-order valence-corrected chi connectivity index (χ1v) is 7.21. The molecule has 0 bridgehead atoms. The number of carbonyl (C=O) groups is 2. The molecule has 0 aromatic rings. The number of rotatable bonds is 3. The predicted molar refractivity (Wildman–Crippen MR) is 79.9 cm³/mol. The van der Waals surface area contributed by atoms with Gasteiger partial charge in [0.25, 0.3) is 0 Å². The first kappa shape index (κ1) is 14.3. The Kier molecular flexibility index (Phi) is 3.86. The summed E-state index contributed by atoms with van der Waals surface area (Å²) in [6.45, 7) is 0.265. The van der Waals surface area contributed by atoms with Gasteiger partial charge < -0.3 is 13.7 Å². The number of halogens is 1. The smallest absolute Gasteiger partial charge is 0.596 e. The molecular formula is C12H15BINO4. The first-order chi connectivity index (χ1) is 8.91. The largest absolute Gasteiger partial charge is 0.607 e. The molecule has 2 rings (SSSR count). The molecule has 2 heterocycles. The van der Waals surface area contributed by atoms with E-state index in [-0.39, 0.29) is 29.4 Å². The third-order valence-corrected chi connectivity index (χ3v) is 3.85. The maximum absolute atomic E-state index is 11.5. The Morgan fingerprint density at radius 1 is 1.32 bits per heavy atom. The molecule has 0 N–H and O–H groups in total. The quantitative estimate of drug-likeness (QED) is 0.426. The zero-order chi connectivity index (χ0) is 14.1. The normalized spacial score (nSPS) is 35.0. The van der Waals surface area contributed by atoms with Gasteiger partial charge in [-0.15, -0.1) is 0 Å². The fourth-order valence-corrected chi connectivity index (χ4v) is 2.99. The molecule has 2 saturated heterocycles. The van der Waals surface area contributed by atoms with Crippen LogP contribution in [0.25, 0.3) is 0 Å². The van der Waals surface area contributed by atoms with Crippen LogP contribution in [0.1, 0.15) is 6.92 Å². The Balaban J connectivity index is 2.25. The van der Waals surface area contributed by atoms with Gasteiger partial charge in [0.05, 0.1) is 0 Å². The van der Waals surface area contributed by atoms with Crippen molar-refractivity contribution in [3.63, 3.8) is 0 Å². The van der Waals surface area contributed by atoms with Crippen LogP contribution in [0, 0.1) is 0 Å². The standard InChI is InChI=1S/C12H15BINO4/c1-10(5-7-14)4-3-6-13-15(2,8-11(16)18-13)9-12(17)19-13/h3-7H,8-9H2,1-2H3/b6-3+,7-5+,10-4+. The molecule has 0 amide bonds. The second-order valence-corrected chi connectivity index (χ2v) is 5.81.